The van der Waals surface area contributed by atoms with Crippen LogP contribution in [0.4, 0.5) is 0 Å². The molecule has 0 N–H and O–H groups in total. The van der Waals surface area contributed by atoms with Crippen LogP contribution >= 0.6 is 0 Å². The summed E-state index contributed by atoms with van der Waals surface area (Å²) < 4.78 is 11.9. The molecule has 2 aromatic rings. The van der Waals surface area contributed by atoms with E-state index >= 15 is 0 Å². The number of aromatic nitrogens is 1. The van der Waals surface area contributed by atoms with Crippen LogP contribution in [0.15, 0.2) is 24.3 Å². The van der Waals surface area contributed by atoms with Crippen molar-refractivity contribution >= 4 is 17.7 Å². The molecule has 0 bridgehead atoms. The van der Waals surface area contributed by atoms with Crippen LogP contribution in [-0.2, 0) is 11.3 Å². The normalized spacial score (nSPS) is 10.8. The number of ketones is 1. The molecule has 0 radical (unpaired) electrons. The van der Waals surface area contributed by atoms with Gasteiger partial charge in [-0.25, -0.2) is 4.79 Å². The van der Waals surface area contributed by atoms with Gasteiger partial charge in [-0.1, -0.05) is 19.9 Å². The Morgan fingerprint density at radius 2 is 1.81 bits per heavy atom. The molecule has 7 heteroatoms. The summed E-state index contributed by atoms with van der Waals surface area (Å²) in [6, 6.07) is 6.89. The molecule has 2 rings (SSSR count). The molecule has 1 aromatic heterocycles. The van der Waals surface area contributed by atoms with E-state index < -0.39 is 5.97 Å². The van der Waals surface area contributed by atoms with E-state index in [1.807, 2.05) is 27.7 Å². The fraction of sp³-hybridized carbons (Fsp3) is 0.458. The second-order valence-electron chi connectivity index (χ2n) is 7.90. The Morgan fingerprint density at radius 3 is 2.35 bits per heavy atom. The van der Waals surface area contributed by atoms with E-state index in [0.29, 0.717) is 46.9 Å². The van der Waals surface area contributed by atoms with Crippen LogP contribution in [-0.4, -0.2) is 54.4 Å². The lowest BCUT2D eigenvalue weighted by molar-refractivity contribution is 0.0587. The molecule has 0 atom stereocenters. The lowest BCUT2D eigenvalue weighted by atomic mass is 10.0. The molecule has 0 saturated carbocycles. The smallest absolute Gasteiger partial charge is 0.354 e. The van der Waals surface area contributed by atoms with Crippen LogP contribution in [0.5, 0.6) is 5.75 Å². The quantitative estimate of drug-likeness (QED) is 0.447. The largest absolute Gasteiger partial charge is 0.497 e. The summed E-state index contributed by atoms with van der Waals surface area (Å²) in [5, 5.41) is 0. The van der Waals surface area contributed by atoms with Gasteiger partial charge in [0.1, 0.15) is 11.4 Å². The molecule has 7 nitrogen and oxygen atoms in total. The molecule has 0 saturated heterocycles. The number of carbonyl (C=O) groups is 3. The van der Waals surface area contributed by atoms with Crippen molar-refractivity contribution in [1.29, 1.82) is 0 Å². The van der Waals surface area contributed by atoms with Gasteiger partial charge in [0.15, 0.2) is 5.78 Å². The molecule has 31 heavy (non-hydrogen) atoms. The molecule has 0 fully saturated rings. The fourth-order valence-corrected chi connectivity index (χ4v) is 3.91. The van der Waals surface area contributed by atoms with Gasteiger partial charge in [-0.3, -0.25) is 9.59 Å². The van der Waals surface area contributed by atoms with Crippen LogP contribution in [0.3, 0.4) is 0 Å². The lowest BCUT2D eigenvalue weighted by Gasteiger charge is -2.24. The van der Waals surface area contributed by atoms with Crippen LogP contribution in [0.25, 0.3) is 0 Å². The minimum absolute atomic E-state index is 0.0791. The Labute approximate surface area is 183 Å². The van der Waals surface area contributed by atoms with E-state index in [0.717, 1.165) is 0 Å². The van der Waals surface area contributed by atoms with Gasteiger partial charge in [-0.15, -0.1) is 0 Å². The molecule has 0 aliphatic heterocycles. The summed E-state index contributed by atoms with van der Waals surface area (Å²) in [5.41, 5.74) is 2.58. The average molecular weight is 429 g/mol. The van der Waals surface area contributed by atoms with Crippen LogP contribution in [0.1, 0.15) is 63.2 Å². The first-order valence-corrected chi connectivity index (χ1v) is 10.4. The summed E-state index contributed by atoms with van der Waals surface area (Å²) in [7, 11) is 2.87. The van der Waals surface area contributed by atoms with Crippen molar-refractivity contribution in [3.63, 3.8) is 0 Å². The lowest BCUT2D eigenvalue weighted by Crippen LogP contribution is -2.38. The topological polar surface area (TPSA) is 77.8 Å². The van der Waals surface area contributed by atoms with Gasteiger partial charge >= 0.3 is 5.97 Å². The van der Waals surface area contributed by atoms with Crippen molar-refractivity contribution in [2.24, 2.45) is 5.92 Å². The predicted octanol–water partition coefficient (Wildman–Crippen LogP) is 3.90. The van der Waals surface area contributed by atoms with Crippen molar-refractivity contribution in [2.45, 2.75) is 41.2 Å². The molecular formula is C24H32N2O5. The Bertz CT molecular complexity index is 975. The summed E-state index contributed by atoms with van der Waals surface area (Å²) in [4.78, 5) is 40.4. The van der Waals surface area contributed by atoms with Gasteiger partial charge in [-0.05, 0) is 50.5 Å². The first-order chi connectivity index (χ1) is 14.7. The highest BCUT2D eigenvalue weighted by molar-refractivity contribution is 6.06. The SMILES string of the molecule is CCn1c(C)c(C(=O)CN(CC(C)C)C(=O)c2cccc(OC)c2)c(C)c1C(=O)OC. The third kappa shape index (κ3) is 5.16. The van der Waals surface area contributed by atoms with Crippen molar-refractivity contribution in [2.75, 3.05) is 27.3 Å². The summed E-state index contributed by atoms with van der Waals surface area (Å²) in [6.45, 7) is 10.3. The highest BCUT2D eigenvalue weighted by Crippen LogP contribution is 2.24. The number of nitrogens with zero attached hydrogens (tertiary/aromatic N) is 2. The second-order valence-corrected chi connectivity index (χ2v) is 7.90. The van der Waals surface area contributed by atoms with Crippen LogP contribution in [0, 0.1) is 19.8 Å². The van der Waals surface area contributed by atoms with E-state index in [9.17, 15) is 14.4 Å². The average Bonchev–Trinajstić information content (AvgIpc) is 3.01. The summed E-state index contributed by atoms with van der Waals surface area (Å²) in [6.07, 6.45) is 0. The van der Waals surface area contributed by atoms with Gasteiger partial charge in [0.05, 0.1) is 20.8 Å². The number of methoxy groups -OCH3 is 2. The van der Waals surface area contributed by atoms with Gasteiger partial charge in [0, 0.05) is 29.9 Å². The van der Waals surface area contributed by atoms with Gasteiger partial charge < -0.3 is 18.9 Å². The van der Waals surface area contributed by atoms with E-state index in [4.69, 9.17) is 9.47 Å². The standard InChI is InChI=1S/C24H32N2O5/c1-8-26-17(5)21(16(4)22(26)24(29)31-7)20(27)14-25(13-15(2)3)23(28)18-10-9-11-19(12-18)30-6/h9-12,15H,8,13-14H2,1-7H3. The summed E-state index contributed by atoms with van der Waals surface area (Å²) >= 11 is 0. The Kier molecular flexibility index (Phi) is 8.02. The third-order valence-electron chi connectivity index (χ3n) is 5.26. The zero-order valence-electron chi connectivity index (χ0n) is 19.4. The number of hydrogen-bond donors (Lipinski definition) is 0. The number of Topliss-reactive ketones (excluding diaryl/α,β-unsaturated/α-hetero) is 1. The maximum Gasteiger partial charge on any atom is 0.354 e. The van der Waals surface area contributed by atoms with Crippen LogP contribution < -0.4 is 4.74 Å². The summed E-state index contributed by atoms with van der Waals surface area (Å²) in [5.74, 6) is -0.164. The number of rotatable bonds is 9. The van der Waals surface area contributed by atoms with E-state index in [-0.39, 0.29) is 24.2 Å². The van der Waals surface area contributed by atoms with Crippen molar-refractivity contribution in [1.82, 2.24) is 9.47 Å². The van der Waals surface area contributed by atoms with Gasteiger partial charge in [0.25, 0.3) is 5.91 Å². The highest BCUT2D eigenvalue weighted by atomic mass is 16.5. The zero-order chi connectivity index (χ0) is 23.3. The third-order valence-corrected chi connectivity index (χ3v) is 5.26. The first-order valence-electron chi connectivity index (χ1n) is 10.4. The van der Waals surface area contributed by atoms with Gasteiger partial charge in [0.2, 0.25) is 0 Å². The predicted molar refractivity (Wildman–Crippen MR) is 119 cm³/mol. The maximum absolute atomic E-state index is 13.3. The van der Waals surface area contributed by atoms with E-state index in [2.05, 4.69) is 0 Å². The number of hydrogen-bond acceptors (Lipinski definition) is 5. The number of amides is 1. The molecule has 168 valence electrons. The Morgan fingerprint density at radius 1 is 1.13 bits per heavy atom. The monoisotopic (exact) mass is 428 g/mol. The molecule has 1 amide bonds. The van der Waals surface area contributed by atoms with Crippen molar-refractivity contribution in [3.8, 4) is 5.75 Å². The molecule has 0 spiro atoms. The first kappa shape index (κ1) is 24.2. The number of benzene rings is 1. The molecule has 1 heterocycles. The zero-order valence-corrected chi connectivity index (χ0v) is 19.4. The van der Waals surface area contributed by atoms with Crippen molar-refractivity contribution < 1.29 is 23.9 Å². The Balaban J connectivity index is 2.42. The molecule has 0 aliphatic carbocycles. The van der Waals surface area contributed by atoms with Crippen LogP contribution in [0.2, 0.25) is 0 Å². The second kappa shape index (κ2) is 10.3. The Hall–Kier alpha value is -3.09. The fourth-order valence-electron chi connectivity index (χ4n) is 3.91. The van der Waals surface area contributed by atoms with Gasteiger partial charge in [-0.2, -0.15) is 0 Å². The molecular weight excluding hydrogens is 396 g/mol. The van der Waals surface area contributed by atoms with E-state index in [1.54, 1.807) is 47.8 Å². The number of carbonyl (C=O) groups excluding carboxylic acids is 3. The highest BCUT2D eigenvalue weighted by Gasteiger charge is 2.28. The minimum Gasteiger partial charge on any atom is -0.497 e. The minimum atomic E-state index is -0.479. The van der Waals surface area contributed by atoms with E-state index in [1.165, 1.54) is 7.11 Å². The maximum atomic E-state index is 13.3. The van der Waals surface area contributed by atoms with Crippen molar-refractivity contribution in [3.05, 3.63) is 52.3 Å². The molecule has 0 aliphatic rings. The number of ether oxygens (including phenoxy) is 2. The molecule has 0 unspecified atom stereocenters. The number of esters is 1. The molecule has 1 aromatic carbocycles.